The predicted octanol–water partition coefficient (Wildman–Crippen LogP) is 2.80. The highest BCUT2D eigenvalue weighted by molar-refractivity contribution is 5.23. The molecule has 2 aromatic rings. The van der Waals surface area contributed by atoms with Crippen LogP contribution in [-0.4, -0.2) is 34.8 Å². The minimum Gasteiger partial charge on any atom is -0.395 e. The van der Waals surface area contributed by atoms with E-state index >= 15 is 0 Å². The van der Waals surface area contributed by atoms with Crippen molar-refractivity contribution in [2.75, 3.05) is 19.7 Å². The Balaban J connectivity index is 2.05. The van der Waals surface area contributed by atoms with E-state index in [1.165, 1.54) is 6.07 Å². The first-order chi connectivity index (χ1) is 11.0. The van der Waals surface area contributed by atoms with Gasteiger partial charge in [0, 0.05) is 19.6 Å². The molecular weight excluding hydrogens is 300 g/mol. The minimum atomic E-state index is -0.898. The molecule has 0 aliphatic carbocycles. The lowest BCUT2D eigenvalue weighted by molar-refractivity contribution is 0.0956. The lowest BCUT2D eigenvalue weighted by Crippen LogP contribution is -2.31. The summed E-state index contributed by atoms with van der Waals surface area (Å²) in [6, 6.07) is 11.3. The fourth-order valence-corrected chi connectivity index (χ4v) is 2.41. The third-order valence-electron chi connectivity index (χ3n) is 3.70. The fourth-order valence-electron chi connectivity index (χ4n) is 2.41. The lowest BCUT2D eigenvalue weighted by Gasteiger charge is -2.24. The zero-order chi connectivity index (χ0) is 16.8. The van der Waals surface area contributed by atoms with E-state index in [9.17, 15) is 19.0 Å². The molecule has 0 spiro atoms. The summed E-state index contributed by atoms with van der Waals surface area (Å²) in [4.78, 5) is 1.80. The zero-order valence-electron chi connectivity index (χ0n) is 13.0. The van der Waals surface area contributed by atoms with Crippen molar-refractivity contribution >= 4 is 0 Å². The maximum atomic E-state index is 13.3. The second kappa shape index (κ2) is 8.15. The standard InChI is InChI=1S/C18H21F2NO2/c1-13-2-5-15(6-3-13)18(23)12-21(8-9-22)11-14-4-7-16(19)17(20)10-14/h2-7,10,18,22-23H,8-9,11-12H2,1H3. The van der Waals surface area contributed by atoms with E-state index in [4.69, 9.17) is 0 Å². The van der Waals surface area contributed by atoms with Crippen LogP contribution in [0, 0.1) is 18.6 Å². The van der Waals surface area contributed by atoms with Gasteiger partial charge in [-0.05, 0) is 30.2 Å². The molecule has 0 aliphatic rings. The monoisotopic (exact) mass is 321 g/mol. The Morgan fingerprint density at radius 1 is 1.04 bits per heavy atom. The van der Waals surface area contributed by atoms with Gasteiger partial charge in [-0.2, -0.15) is 0 Å². The Morgan fingerprint density at radius 2 is 1.74 bits per heavy atom. The van der Waals surface area contributed by atoms with Crippen molar-refractivity contribution in [2.24, 2.45) is 0 Å². The SMILES string of the molecule is Cc1ccc(C(O)CN(CCO)Cc2ccc(F)c(F)c2)cc1. The highest BCUT2D eigenvalue weighted by atomic mass is 19.2. The Hall–Kier alpha value is -1.82. The molecule has 5 heteroatoms. The summed E-state index contributed by atoms with van der Waals surface area (Å²) in [5, 5.41) is 19.5. The molecule has 0 fully saturated rings. The molecule has 3 nitrogen and oxygen atoms in total. The summed E-state index contributed by atoms with van der Waals surface area (Å²) in [6.45, 7) is 2.84. The van der Waals surface area contributed by atoms with Gasteiger partial charge < -0.3 is 10.2 Å². The molecule has 0 saturated heterocycles. The summed E-state index contributed by atoms with van der Waals surface area (Å²) in [7, 11) is 0. The number of hydrogen-bond acceptors (Lipinski definition) is 3. The number of aliphatic hydroxyl groups is 2. The molecule has 124 valence electrons. The van der Waals surface area contributed by atoms with Crippen LogP contribution in [0.2, 0.25) is 0 Å². The maximum Gasteiger partial charge on any atom is 0.159 e. The van der Waals surface area contributed by atoms with Gasteiger partial charge in [-0.3, -0.25) is 4.90 Å². The molecule has 2 rings (SSSR count). The average Bonchev–Trinajstić information content (AvgIpc) is 2.52. The summed E-state index contributed by atoms with van der Waals surface area (Å²) >= 11 is 0. The van der Waals surface area contributed by atoms with Crippen molar-refractivity contribution in [1.29, 1.82) is 0 Å². The van der Waals surface area contributed by atoms with Gasteiger partial charge in [0.25, 0.3) is 0 Å². The van der Waals surface area contributed by atoms with Crippen molar-refractivity contribution in [3.05, 3.63) is 70.8 Å². The Labute approximate surface area is 134 Å². The zero-order valence-corrected chi connectivity index (χ0v) is 13.0. The van der Waals surface area contributed by atoms with E-state index in [1.807, 2.05) is 31.2 Å². The van der Waals surface area contributed by atoms with Gasteiger partial charge in [-0.1, -0.05) is 35.9 Å². The molecule has 0 aromatic heterocycles. The first-order valence-corrected chi connectivity index (χ1v) is 7.51. The van der Waals surface area contributed by atoms with Gasteiger partial charge in [0.15, 0.2) is 11.6 Å². The highest BCUT2D eigenvalue weighted by Crippen LogP contribution is 2.17. The van der Waals surface area contributed by atoms with E-state index in [2.05, 4.69) is 0 Å². The average molecular weight is 321 g/mol. The van der Waals surface area contributed by atoms with Gasteiger partial charge in [-0.25, -0.2) is 8.78 Å². The smallest absolute Gasteiger partial charge is 0.159 e. The van der Waals surface area contributed by atoms with Crippen LogP contribution in [-0.2, 0) is 6.54 Å². The number of halogens is 2. The molecule has 0 radical (unpaired) electrons. The van der Waals surface area contributed by atoms with Gasteiger partial charge in [0.1, 0.15) is 0 Å². The van der Waals surface area contributed by atoms with Crippen LogP contribution in [0.5, 0.6) is 0 Å². The van der Waals surface area contributed by atoms with Crippen LogP contribution < -0.4 is 0 Å². The van der Waals surface area contributed by atoms with Gasteiger partial charge in [-0.15, -0.1) is 0 Å². The number of aliphatic hydroxyl groups excluding tert-OH is 2. The summed E-state index contributed by atoms with van der Waals surface area (Å²) in [6.07, 6.45) is -0.715. The van der Waals surface area contributed by atoms with Crippen LogP contribution in [0.15, 0.2) is 42.5 Å². The molecule has 2 N–H and O–H groups in total. The topological polar surface area (TPSA) is 43.7 Å². The Bertz CT molecular complexity index is 631. The van der Waals surface area contributed by atoms with Crippen LogP contribution >= 0.6 is 0 Å². The van der Waals surface area contributed by atoms with Gasteiger partial charge >= 0.3 is 0 Å². The molecule has 1 unspecified atom stereocenters. The molecule has 0 aliphatic heterocycles. The molecule has 0 saturated carbocycles. The Morgan fingerprint density at radius 3 is 2.35 bits per heavy atom. The normalized spacial score (nSPS) is 12.6. The molecular formula is C18H21F2NO2. The predicted molar refractivity (Wildman–Crippen MR) is 84.9 cm³/mol. The van der Waals surface area contributed by atoms with E-state index in [1.54, 1.807) is 4.90 Å². The van der Waals surface area contributed by atoms with Crippen molar-refractivity contribution in [3.8, 4) is 0 Å². The summed E-state index contributed by atoms with van der Waals surface area (Å²) in [5.41, 5.74) is 2.48. The summed E-state index contributed by atoms with van der Waals surface area (Å²) < 4.78 is 26.3. The molecule has 0 bridgehead atoms. The summed E-state index contributed by atoms with van der Waals surface area (Å²) in [5.74, 6) is -1.78. The van der Waals surface area contributed by atoms with Crippen LogP contribution in [0.25, 0.3) is 0 Å². The molecule has 0 amide bonds. The number of nitrogens with zero attached hydrogens (tertiary/aromatic N) is 1. The van der Waals surface area contributed by atoms with E-state index in [-0.39, 0.29) is 6.61 Å². The fraction of sp³-hybridized carbons (Fsp3) is 0.333. The van der Waals surface area contributed by atoms with Crippen LogP contribution in [0.3, 0.4) is 0 Å². The van der Waals surface area contributed by atoms with Crippen molar-refractivity contribution in [1.82, 2.24) is 4.90 Å². The molecule has 0 heterocycles. The van der Waals surface area contributed by atoms with Crippen molar-refractivity contribution < 1.29 is 19.0 Å². The minimum absolute atomic E-state index is 0.0791. The molecule has 23 heavy (non-hydrogen) atoms. The number of benzene rings is 2. The van der Waals surface area contributed by atoms with Crippen LogP contribution in [0.4, 0.5) is 8.78 Å². The van der Waals surface area contributed by atoms with Gasteiger partial charge in [0.05, 0.1) is 12.7 Å². The third-order valence-corrected chi connectivity index (χ3v) is 3.70. The number of hydrogen-bond donors (Lipinski definition) is 2. The largest absolute Gasteiger partial charge is 0.395 e. The first kappa shape index (κ1) is 17.5. The maximum absolute atomic E-state index is 13.3. The number of rotatable bonds is 7. The van der Waals surface area contributed by atoms with Crippen molar-refractivity contribution in [2.45, 2.75) is 19.6 Å². The van der Waals surface area contributed by atoms with E-state index in [0.29, 0.717) is 25.2 Å². The quantitative estimate of drug-likeness (QED) is 0.824. The highest BCUT2D eigenvalue weighted by Gasteiger charge is 2.14. The number of aryl methyl sites for hydroxylation is 1. The third kappa shape index (κ3) is 5.10. The lowest BCUT2D eigenvalue weighted by atomic mass is 10.1. The first-order valence-electron chi connectivity index (χ1n) is 7.51. The second-order valence-corrected chi connectivity index (χ2v) is 5.63. The van der Waals surface area contributed by atoms with Crippen molar-refractivity contribution in [3.63, 3.8) is 0 Å². The van der Waals surface area contributed by atoms with Gasteiger partial charge in [0.2, 0.25) is 0 Å². The van der Waals surface area contributed by atoms with E-state index in [0.717, 1.165) is 23.3 Å². The molecule has 2 aromatic carbocycles. The van der Waals surface area contributed by atoms with E-state index < -0.39 is 17.7 Å². The Kier molecular flexibility index (Phi) is 6.21. The van der Waals surface area contributed by atoms with Crippen LogP contribution in [0.1, 0.15) is 22.8 Å². The second-order valence-electron chi connectivity index (χ2n) is 5.63. The molecule has 1 atom stereocenters.